The second kappa shape index (κ2) is 9.89. The van der Waals surface area contributed by atoms with Crippen LogP contribution >= 0.6 is 0 Å². The highest BCUT2D eigenvalue weighted by atomic mass is 15.3. The van der Waals surface area contributed by atoms with Gasteiger partial charge in [0, 0.05) is 65.6 Å². The van der Waals surface area contributed by atoms with Gasteiger partial charge in [0.25, 0.3) is 0 Å². The molecule has 5 heterocycles. The summed E-state index contributed by atoms with van der Waals surface area (Å²) in [6.45, 7) is 0. The lowest BCUT2D eigenvalue weighted by Crippen LogP contribution is -2.01. The fourth-order valence-corrected chi connectivity index (χ4v) is 6.35. The predicted molar refractivity (Wildman–Crippen MR) is 178 cm³/mol. The van der Waals surface area contributed by atoms with Crippen molar-refractivity contribution in [2.24, 2.45) is 7.05 Å². The van der Waals surface area contributed by atoms with Crippen LogP contribution in [0.2, 0.25) is 0 Å². The van der Waals surface area contributed by atoms with E-state index in [2.05, 4.69) is 110 Å². The summed E-state index contributed by atoms with van der Waals surface area (Å²) < 4.78 is 8.26. The Labute approximate surface area is 258 Å². The summed E-state index contributed by atoms with van der Waals surface area (Å²) in [4.78, 5) is 9.74. The molecule has 0 saturated heterocycles. The fraction of sp³-hybridized carbons (Fsp3) is 0.0270. The third-order valence-electron chi connectivity index (χ3n) is 8.46. The minimum absolute atomic E-state index is 0.904. The van der Waals surface area contributed by atoms with Crippen LogP contribution in [0.5, 0.6) is 0 Å². The Hall–Kier alpha value is -6.28. The van der Waals surface area contributed by atoms with Crippen LogP contribution in [0.25, 0.3) is 72.5 Å². The van der Waals surface area contributed by atoms with Gasteiger partial charge in [-0.15, -0.1) is 0 Å². The quantitative estimate of drug-likeness (QED) is 0.208. The van der Waals surface area contributed by atoms with Gasteiger partial charge in [-0.1, -0.05) is 36.4 Å². The van der Waals surface area contributed by atoms with Crippen molar-refractivity contribution in [2.75, 3.05) is 0 Å². The molecule has 0 aliphatic heterocycles. The van der Waals surface area contributed by atoms with Crippen LogP contribution in [0, 0.1) is 0 Å². The maximum atomic E-state index is 5.07. The largest absolute Gasteiger partial charge is 0.327 e. The SMILES string of the molecule is Cn1c(-c2ccc3c4ccccc4n(-c4cc(-c5ccccn5)cc(-n5cccn5)c4)c3c2)nc2ccc(-n3cccn3)cc21. The Balaban J connectivity index is 1.28. The minimum Gasteiger partial charge on any atom is -0.327 e. The normalized spacial score (nSPS) is 11.7. The van der Waals surface area contributed by atoms with E-state index in [1.165, 1.54) is 10.8 Å². The number of rotatable bonds is 5. The third kappa shape index (κ3) is 4.07. The Morgan fingerprint density at radius 1 is 0.533 bits per heavy atom. The van der Waals surface area contributed by atoms with E-state index in [9.17, 15) is 0 Å². The molecule has 0 unspecified atom stereocenters. The van der Waals surface area contributed by atoms with Gasteiger partial charge in [0.05, 0.1) is 39.1 Å². The van der Waals surface area contributed by atoms with Crippen LogP contribution in [0.1, 0.15) is 0 Å². The molecule has 0 N–H and O–H groups in total. The molecule has 9 rings (SSSR count). The van der Waals surface area contributed by atoms with Crippen molar-refractivity contribution in [3.63, 3.8) is 0 Å². The van der Waals surface area contributed by atoms with E-state index >= 15 is 0 Å². The molecular weight excluding hydrogens is 556 g/mol. The van der Waals surface area contributed by atoms with E-state index in [1.807, 2.05) is 58.3 Å². The van der Waals surface area contributed by atoms with Crippen LogP contribution in [0.15, 0.2) is 140 Å². The van der Waals surface area contributed by atoms with Gasteiger partial charge < -0.3 is 9.13 Å². The van der Waals surface area contributed by atoms with Gasteiger partial charge in [0.1, 0.15) is 5.82 Å². The summed E-state index contributed by atoms with van der Waals surface area (Å²) in [6, 6.07) is 37.9. The first kappa shape index (κ1) is 25.2. The van der Waals surface area contributed by atoms with E-state index in [1.54, 1.807) is 12.4 Å². The fourth-order valence-electron chi connectivity index (χ4n) is 6.35. The van der Waals surface area contributed by atoms with Gasteiger partial charge in [0.2, 0.25) is 0 Å². The van der Waals surface area contributed by atoms with E-state index in [0.717, 1.165) is 61.8 Å². The molecule has 0 amide bonds. The number of hydrogen-bond acceptors (Lipinski definition) is 4. The molecule has 45 heavy (non-hydrogen) atoms. The smallest absolute Gasteiger partial charge is 0.140 e. The number of nitrogens with zero attached hydrogens (tertiary/aromatic N) is 8. The average molecular weight is 583 g/mol. The Morgan fingerprint density at radius 3 is 2.11 bits per heavy atom. The van der Waals surface area contributed by atoms with Crippen molar-refractivity contribution < 1.29 is 0 Å². The lowest BCUT2D eigenvalue weighted by Gasteiger charge is -2.14. The third-order valence-corrected chi connectivity index (χ3v) is 8.46. The molecule has 0 aliphatic rings. The van der Waals surface area contributed by atoms with E-state index in [0.29, 0.717) is 0 Å². The molecule has 5 aromatic heterocycles. The number of aromatic nitrogens is 8. The van der Waals surface area contributed by atoms with Gasteiger partial charge in [0.15, 0.2) is 0 Å². The number of fused-ring (bicyclic) bond motifs is 4. The van der Waals surface area contributed by atoms with Crippen LogP contribution < -0.4 is 0 Å². The molecule has 9 aromatic rings. The first-order chi connectivity index (χ1) is 22.2. The molecule has 0 fully saturated rings. The van der Waals surface area contributed by atoms with E-state index in [4.69, 9.17) is 4.98 Å². The maximum absolute atomic E-state index is 5.07. The zero-order valence-electron chi connectivity index (χ0n) is 24.4. The zero-order chi connectivity index (χ0) is 29.9. The van der Waals surface area contributed by atoms with E-state index < -0.39 is 0 Å². The molecule has 8 heteroatoms. The Bertz CT molecular complexity index is 2480. The summed E-state index contributed by atoms with van der Waals surface area (Å²) in [5, 5.41) is 11.3. The average Bonchev–Trinajstić information content (AvgIpc) is 3.91. The lowest BCUT2D eigenvalue weighted by atomic mass is 10.1. The molecule has 8 nitrogen and oxygen atoms in total. The minimum atomic E-state index is 0.904. The lowest BCUT2D eigenvalue weighted by molar-refractivity contribution is 0.879. The molecule has 4 aromatic carbocycles. The Morgan fingerprint density at radius 2 is 1.31 bits per heavy atom. The highest BCUT2D eigenvalue weighted by molar-refractivity contribution is 6.10. The number of hydrogen-bond donors (Lipinski definition) is 0. The second-order valence-corrected chi connectivity index (χ2v) is 11.1. The first-order valence-electron chi connectivity index (χ1n) is 14.8. The molecule has 0 saturated carbocycles. The van der Waals surface area contributed by atoms with Crippen LogP contribution in [0.3, 0.4) is 0 Å². The topological polar surface area (TPSA) is 71.3 Å². The van der Waals surface area contributed by atoms with Crippen molar-refractivity contribution in [1.82, 2.24) is 38.7 Å². The molecule has 214 valence electrons. The molecule has 0 aliphatic carbocycles. The van der Waals surface area contributed by atoms with Crippen LogP contribution in [-0.2, 0) is 7.05 Å². The number of imidazole rings is 1. The standard InChI is InChI=1S/C37H26N8/c1-42-36-24-27(43-18-6-16-39-43)12-14-33(36)41-37(42)25-11-13-31-30-8-2-3-10-34(30)45(35(31)22-25)29-21-26(32-9-4-5-15-38-32)20-28(23-29)44-19-7-17-40-44/h2-24H,1H3. The van der Waals surface area contributed by atoms with Crippen LogP contribution in [-0.4, -0.2) is 38.7 Å². The van der Waals surface area contributed by atoms with Crippen molar-refractivity contribution >= 4 is 32.8 Å². The summed E-state index contributed by atoms with van der Waals surface area (Å²) in [7, 11) is 2.07. The molecule has 0 bridgehead atoms. The van der Waals surface area contributed by atoms with Gasteiger partial charge >= 0.3 is 0 Å². The number of para-hydroxylation sites is 1. The van der Waals surface area contributed by atoms with Crippen LogP contribution in [0.4, 0.5) is 0 Å². The monoisotopic (exact) mass is 582 g/mol. The Kier molecular flexibility index (Phi) is 5.55. The number of benzene rings is 4. The maximum Gasteiger partial charge on any atom is 0.140 e. The highest BCUT2D eigenvalue weighted by Crippen LogP contribution is 2.37. The summed E-state index contributed by atoms with van der Waals surface area (Å²) >= 11 is 0. The zero-order valence-corrected chi connectivity index (χ0v) is 24.4. The van der Waals surface area contributed by atoms with Gasteiger partial charge in [-0.05, 0) is 72.8 Å². The molecule has 0 radical (unpaired) electrons. The molecular formula is C37H26N8. The summed E-state index contributed by atoms with van der Waals surface area (Å²) in [5.41, 5.74) is 10.2. The highest BCUT2D eigenvalue weighted by Gasteiger charge is 2.18. The first-order valence-corrected chi connectivity index (χ1v) is 14.8. The predicted octanol–water partition coefficient (Wildman–Crippen LogP) is 7.77. The summed E-state index contributed by atoms with van der Waals surface area (Å²) in [5.74, 6) is 0.904. The van der Waals surface area contributed by atoms with E-state index in [-0.39, 0.29) is 0 Å². The number of aryl methyl sites for hydroxylation is 1. The number of pyridine rings is 1. The van der Waals surface area contributed by atoms with Gasteiger partial charge in [-0.2, -0.15) is 10.2 Å². The van der Waals surface area contributed by atoms with Crippen molar-refractivity contribution in [3.05, 3.63) is 140 Å². The molecule has 0 spiro atoms. The van der Waals surface area contributed by atoms with Crippen molar-refractivity contribution in [3.8, 4) is 39.7 Å². The van der Waals surface area contributed by atoms with Gasteiger partial charge in [-0.3, -0.25) is 4.98 Å². The van der Waals surface area contributed by atoms with Crippen molar-refractivity contribution in [1.29, 1.82) is 0 Å². The van der Waals surface area contributed by atoms with Gasteiger partial charge in [-0.25, -0.2) is 14.3 Å². The van der Waals surface area contributed by atoms with Crippen molar-refractivity contribution in [2.45, 2.75) is 0 Å². The summed E-state index contributed by atoms with van der Waals surface area (Å²) in [6.07, 6.45) is 9.34. The molecule has 0 atom stereocenters. The second-order valence-electron chi connectivity index (χ2n) is 11.1.